The summed E-state index contributed by atoms with van der Waals surface area (Å²) in [7, 11) is 0. The lowest BCUT2D eigenvalue weighted by molar-refractivity contribution is 0.624. The summed E-state index contributed by atoms with van der Waals surface area (Å²) in [5, 5.41) is 0. The molecule has 0 N–H and O–H groups in total. The van der Waals surface area contributed by atoms with E-state index in [0.29, 0.717) is 4.47 Å². The molecule has 0 fully saturated rings. The summed E-state index contributed by atoms with van der Waals surface area (Å²) >= 11 is 3.15. The monoisotopic (exact) mass is 187 g/mol. The minimum Gasteiger partial charge on any atom is -0.206 e. The van der Waals surface area contributed by atoms with Crippen LogP contribution in [-0.4, -0.2) is 0 Å². The molecule has 0 heterocycles. The number of rotatable bonds is 0. The fourth-order valence-electron chi connectivity index (χ4n) is 0.516. The van der Waals surface area contributed by atoms with Gasteiger partial charge in [-0.1, -0.05) is 6.07 Å². The van der Waals surface area contributed by atoms with E-state index in [2.05, 4.69) is 22.0 Å². The van der Waals surface area contributed by atoms with Crippen molar-refractivity contribution in [2.24, 2.45) is 0 Å². The van der Waals surface area contributed by atoms with E-state index in [0.717, 1.165) is 5.56 Å². The van der Waals surface area contributed by atoms with Crippen LogP contribution in [0.1, 0.15) is 5.56 Å². The van der Waals surface area contributed by atoms with E-state index in [-0.39, 0.29) is 5.82 Å². The molecule has 1 rings (SSSR count). The third-order valence-corrected chi connectivity index (χ3v) is 1.88. The first kappa shape index (κ1) is 6.75. The first-order chi connectivity index (χ1) is 4.20. The molecule has 0 bridgehead atoms. The molecule has 0 unspecified atom stereocenters. The fraction of sp³-hybridized carbons (Fsp3) is 0.143. The van der Waals surface area contributed by atoms with Gasteiger partial charge in [0.25, 0.3) is 0 Å². The van der Waals surface area contributed by atoms with Crippen molar-refractivity contribution in [3.8, 4) is 0 Å². The lowest BCUT2D eigenvalue weighted by atomic mass is 10.2. The molecule has 1 radical (unpaired) electrons. The summed E-state index contributed by atoms with van der Waals surface area (Å²) in [5.41, 5.74) is 0.997. The third kappa shape index (κ3) is 1.52. The van der Waals surface area contributed by atoms with Gasteiger partial charge >= 0.3 is 0 Å². The maximum Gasteiger partial charge on any atom is 0.132 e. The Labute approximate surface area is 61.8 Å². The van der Waals surface area contributed by atoms with Gasteiger partial charge in [0.15, 0.2) is 0 Å². The standard InChI is InChI=1S/C7H5BrF/c1-5-2-3-6(9)4-7(5)8/h2-3H,1H3. The zero-order valence-electron chi connectivity index (χ0n) is 4.91. The van der Waals surface area contributed by atoms with Gasteiger partial charge in [-0.25, -0.2) is 4.39 Å². The van der Waals surface area contributed by atoms with Crippen LogP contribution in [0.25, 0.3) is 0 Å². The average molecular weight is 188 g/mol. The van der Waals surface area contributed by atoms with Crippen LogP contribution >= 0.6 is 15.9 Å². The summed E-state index contributed by atoms with van der Waals surface area (Å²) in [4.78, 5) is 0. The lowest BCUT2D eigenvalue weighted by Gasteiger charge is -1.93. The van der Waals surface area contributed by atoms with Crippen LogP contribution in [0.2, 0.25) is 0 Å². The number of aryl methyl sites for hydroxylation is 1. The molecule has 0 amide bonds. The molecule has 0 aromatic heterocycles. The molecule has 2 heteroatoms. The Hall–Kier alpha value is -0.370. The van der Waals surface area contributed by atoms with Crippen molar-refractivity contribution in [2.75, 3.05) is 0 Å². The van der Waals surface area contributed by atoms with Crippen molar-refractivity contribution in [1.82, 2.24) is 0 Å². The highest BCUT2D eigenvalue weighted by Gasteiger charge is 1.94. The maximum absolute atomic E-state index is 12.3. The molecule has 0 spiro atoms. The maximum atomic E-state index is 12.3. The van der Waals surface area contributed by atoms with Crippen molar-refractivity contribution in [3.63, 3.8) is 0 Å². The molecule has 1 aromatic carbocycles. The molecule has 0 aliphatic heterocycles. The van der Waals surface area contributed by atoms with Crippen molar-refractivity contribution < 1.29 is 4.39 Å². The van der Waals surface area contributed by atoms with Gasteiger partial charge in [0.05, 0.1) is 0 Å². The van der Waals surface area contributed by atoms with Gasteiger partial charge in [0.2, 0.25) is 0 Å². The summed E-state index contributed by atoms with van der Waals surface area (Å²) in [6, 6.07) is 5.58. The Balaban J connectivity index is 3.17. The van der Waals surface area contributed by atoms with E-state index in [9.17, 15) is 4.39 Å². The van der Waals surface area contributed by atoms with Crippen molar-refractivity contribution in [1.29, 1.82) is 0 Å². The Kier molecular flexibility index (Phi) is 1.86. The van der Waals surface area contributed by atoms with E-state index in [1.165, 1.54) is 6.07 Å². The molecule has 0 nitrogen and oxygen atoms in total. The molecule has 0 saturated carbocycles. The molecule has 0 saturated heterocycles. The van der Waals surface area contributed by atoms with E-state index >= 15 is 0 Å². The number of hydrogen-bond donors (Lipinski definition) is 0. The molecular weight excluding hydrogens is 183 g/mol. The summed E-state index contributed by atoms with van der Waals surface area (Å²) in [5.74, 6) is -0.326. The Morgan fingerprint density at radius 1 is 1.56 bits per heavy atom. The van der Waals surface area contributed by atoms with Crippen LogP contribution in [0.3, 0.4) is 0 Å². The quantitative estimate of drug-likeness (QED) is 0.587. The Morgan fingerprint density at radius 3 is 2.67 bits per heavy atom. The highest BCUT2D eigenvalue weighted by molar-refractivity contribution is 9.10. The molecule has 0 aliphatic carbocycles. The van der Waals surface area contributed by atoms with E-state index in [4.69, 9.17) is 0 Å². The Bertz CT molecular complexity index is 220. The molecule has 0 atom stereocenters. The van der Waals surface area contributed by atoms with E-state index < -0.39 is 0 Å². The van der Waals surface area contributed by atoms with Crippen molar-refractivity contribution in [3.05, 3.63) is 34.1 Å². The minimum atomic E-state index is -0.326. The van der Waals surface area contributed by atoms with Crippen LogP contribution in [0.5, 0.6) is 0 Å². The first-order valence-corrected chi connectivity index (χ1v) is 3.33. The molecule has 47 valence electrons. The summed E-state index contributed by atoms with van der Waals surface area (Å²) < 4.78 is 13.0. The fourth-order valence-corrected chi connectivity index (χ4v) is 0.838. The van der Waals surface area contributed by atoms with Gasteiger partial charge in [-0.2, -0.15) is 0 Å². The van der Waals surface area contributed by atoms with Crippen LogP contribution in [0, 0.1) is 18.8 Å². The third-order valence-electron chi connectivity index (χ3n) is 1.06. The lowest BCUT2D eigenvalue weighted by Crippen LogP contribution is -1.77. The zero-order valence-corrected chi connectivity index (χ0v) is 6.50. The highest BCUT2D eigenvalue weighted by atomic mass is 79.9. The number of benzene rings is 1. The number of halogens is 2. The second-order valence-corrected chi connectivity index (χ2v) is 2.60. The van der Waals surface area contributed by atoms with Gasteiger partial charge in [-0.05, 0) is 34.5 Å². The van der Waals surface area contributed by atoms with Crippen molar-refractivity contribution in [2.45, 2.75) is 6.92 Å². The second-order valence-electron chi connectivity index (χ2n) is 1.80. The first-order valence-electron chi connectivity index (χ1n) is 2.54. The predicted molar refractivity (Wildman–Crippen MR) is 37.7 cm³/mol. The van der Waals surface area contributed by atoms with Gasteiger partial charge in [0, 0.05) is 10.5 Å². The average Bonchev–Trinajstić information content (AvgIpc) is 1.80. The molecule has 1 aromatic rings. The SMILES string of the molecule is Cc1ccc(F)[c]c1Br. The van der Waals surface area contributed by atoms with Gasteiger partial charge in [-0.3, -0.25) is 0 Å². The smallest absolute Gasteiger partial charge is 0.132 e. The van der Waals surface area contributed by atoms with Gasteiger partial charge in [0.1, 0.15) is 5.82 Å². The van der Waals surface area contributed by atoms with Gasteiger partial charge < -0.3 is 0 Å². The molecular formula is C7H5BrF. The summed E-state index contributed by atoms with van der Waals surface area (Å²) in [6.45, 7) is 1.89. The summed E-state index contributed by atoms with van der Waals surface area (Å²) in [6.07, 6.45) is 0. The second kappa shape index (κ2) is 2.48. The Morgan fingerprint density at radius 2 is 2.22 bits per heavy atom. The highest BCUT2D eigenvalue weighted by Crippen LogP contribution is 2.15. The van der Waals surface area contributed by atoms with Crippen LogP contribution in [0.15, 0.2) is 16.6 Å². The van der Waals surface area contributed by atoms with Crippen LogP contribution in [0.4, 0.5) is 4.39 Å². The topological polar surface area (TPSA) is 0 Å². The molecule has 0 aliphatic rings. The van der Waals surface area contributed by atoms with Crippen LogP contribution in [-0.2, 0) is 0 Å². The number of hydrogen-bond acceptors (Lipinski definition) is 0. The van der Waals surface area contributed by atoms with E-state index in [1.54, 1.807) is 6.07 Å². The van der Waals surface area contributed by atoms with Crippen LogP contribution < -0.4 is 0 Å². The van der Waals surface area contributed by atoms with Gasteiger partial charge in [-0.15, -0.1) is 0 Å². The van der Waals surface area contributed by atoms with Crippen molar-refractivity contribution >= 4 is 15.9 Å². The molecule has 9 heavy (non-hydrogen) atoms. The van der Waals surface area contributed by atoms with E-state index in [1.807, 2.05) is 6.92 Å². The normalized spacial score (nSPS) is 9.67. The minimum absolute atomic E-state index is 0.326. The largest absolute Gasteiger partial charge is 0.206 e. The zero-order chi connectivity index (χ0) is 6.85. The predicted octanol–water partition coefficient (Wildman–Crippen LogP) is 2.70.